The molecule has 1 heterocycles. The first-order valence-corrected chi connectivity index (χ1v) is 8.39. The molecule has 1 unspecified atom stereocenters. The Morgan fingerprint density at radius 3 is 2.64 bits per heavy atom. The van der Waals surface area contributed by atoms with Gasteiger partial charge in [0.2, 0.25) is 0 Å². The van der Waals surface area contributed by atoms with Gasteiger partial charge in [0.15, 0.2) is 6.10 Å². The van der Waals surface area contributed by atoms with Gasteiger partial charge in [0.1, 0.15) is 0 Å². The number of benzene rings is 2. The van der Waals surface area contributed by atoms with Crippen LogP contribution in [0.3, 0.4) is 0 Å². The van der Waals surface area contributed by atoms with Crippen LogP contribution in [0.2, 0.25) is 0 Å². The van der Waals surface area contributed by atoms with Gasteiger partial charge in [0, 0.05) is 19.6 Å². The van der Waals surface area contributed by atoms with Crippen LogP contribution in [0, 0.1) is 0 Å². The van der Waals surface area contributed by atoms with Crippen LogP contribution in [-0.2, 0) is 33.8 Å². The molecule has 2 aromatic rings. The Morgan fingerprint density at radius 2 is 1.88 bits per heavy atom. The van der Waals surface area contributed by atoms with E-state index in [2.05, 4.69) is 5.32 Å². The Bertz CT molecular complexity index is 755. The van der Waals surface area contributed by atoms with E-state index in [0.717, 1.165) is 16.7 Å². The van der Waals surface area contributed by atoms with Gasteiger partial charge in [-0.15, -0.1) is 0 Å². The molecule has 2 aromatic carbocycles. The van der Waals surface area contributed by atoms with Crippen molar-refractivity contribution in [3.05, 3.63) is 70.8 Å². The van der Waals surface area contributed by atoms with Crippen LogP contribution in [0.5, 0.6) is 0 Å². The highest BCUT2D eigenvalue weighted by Gasteiger charge is 2.30. The van der Waals surface area contributed by atoms with E-state index in [1.807, 2.05) is 43.3 Å². The van der Waals surface area contributed by atoms with Gasteiger partial charge in [-0.3, -0.25) is 4.79 Å². The van der Waals surface area contributed by atoms with Gasteiger partial charge in [0.25, 0.3) is 5.91 Å². The molecule has 0 saturated heterocycles. The Hall–Kier alpha value is -2.66. The summed E-state index contributed by atoms with van der Waals surface area (Å²) in [6.45, 7) is 3.62. The quantitative estimate of drug-likeness (QED) is 0.822. The molecule has 0 bridgehead atoms. The van der Waals surface area contributed by atoms with Crippen molar-refractivity contribution < 1.29 is 19.1 Å². The van der Waals surface area contributed by atoms with E-state index in [0.29, 0.717) is 31.7 Å². The molecule has 0 spiro atoms. The Balaban J connectivity index is 1.55. The van der Waals surface area contributed by atoms with Gasteiger partial charge in [-0.1, -0.05) is 42.5 Å². The number of esters is 1. The zero-order valence-corrected chi connectivity index (χ0v) is 14.2. The minimum atomic E-state index is -0.778. The van der Waals surface area contributed by atoms with E-state index in [9.17, 15) is 9.59 Å². The standard InChI is InChI=1S/C20H21NO4/c1-2-24-13-15-9-7-14(8-10-15)12-21-19(22)18-11-16-5-3-4-6-17(16)20(23)25-18/h3-10,18H,2,11-13H2,1H3,(H,21,22). The predicted octanol–water partition coefficient (Wildman–Crippen LogP) is 2.62. The molecule has 0 radical (unpaired) electrons. The number of ether oxygens (including phenoxy) is 2. The highest BCUT2D eigenvalue weighted by Crippen LogP contribution is 2.20. The maximum absolute atomic E-state index is 12.3. The van der Waals surface area contributed by atoms with Crippen LogP contribution in [0.25, 0.3) is 0 Å². The molecule has 0 aliphatic carbocycles. The summed E-state index contributed by atoms with van der Waals surface area (Å²) in [5.41, 5.74) is 3.46. The average Bonchev–Trinajstić information content (AvgIpc) is 2.65. The molecule has 1 aliphatic heterocycles. The normalized spacial score (nSPS) is 16.0. The fraction of sp³-hybridized carbons (Fsp3) is 0.300. The fourth-order valence-corrected chi connectivity index (χ4v) is 2.75. The van der Waals surface area contributed by atoms with E-state index in [1.54, 1.807) is 12.1 Å². The molecule has 1 N–H and O–H groups in total. The molecule has 1 aliphatic rings. The summed E-state index contributed by atoms with van der Waals surface area (Å²) in [7, 11) is 0. The Kier molecular flexibility index (Phi) is 5.46. The van der Waals surface area contributed by atoms with Crippen molar-refractivity contribution in [3.8, 4) is 0 Å². The average molecular weight is 339 g/mol. The molecule has 5 heteroatoms. The van der Waals surface area contributed by atoms with Crippen molar-refractivity contribution in [1.82, 2.24) is 5.32 Å². The number of cyclic esters (lactones) is 1. The molecule has 0 saturated carbocycles. The van der Waals surface area contributed by atoms with Crippen LogP contribution in [-0.4, -0.2) is 24.6 Å². The number of amides is 1. The minimum absolute atomic E-state index is 0.277. The maximum Gasteiger partial charge on any atom is 0.339 e. The second-order valence-corrected chi connectivity index (χ2v) is 5.93. The lowest BCUT2D eigenvalue weighted by molar-refractivity contribution is -0.130. The second-order valence-electron chi connectivity index (χ2n) is 5.93. The molecule has 0 aromatic heterocycles. The third kappa shape index (κ3) is 4.25. The van der Waals surface area contributed by atoms with Gasteiger partial charge in [-0.05, 0) is 29.7 Å². The van der Waals surface area contributed by atoms with E-state index < -0.39 is 12.1 Å². The second kappa shape index (κ2) is 7.94. The third-order valence-electron chi connectivity index (χ3n) is 4.15. The molecule has 25 heavy (non-hydrogen) atoms. The number of fused-ring (bicyclic) bond motifs is 1. The number of rotatable bonds is 6. The summed E-state index contributed by atoms with van der Waals surface area (Å²) >= 11 is 0. The number of hydrogen-bond donors (Lipinski definition) is 1. The van der Waals surface area contributed by atoms with Gasteiger partial charge in [0.05, 0.1) is 12.2 Å². The van der Waals surface area contributed by atoms with Gasteiger partial charge >= 0.3 is 5.97 Å². The minimum Gasteiger partial charge on any atom is -0.448 e. The lowest BCUT2D eigenvalue weighted by atomic mass is 9.98. The molecule has 1 amide bonds. The number of hydrogen-bond acceptors (Lipinski definition) is 4. The van der Waals surface area contributed by atoms with E-state index in [-0.39, 0.29) is 5.91 Å². The Morgan fingerprint density at radius 1 is 1.16 bits per heavy atom. The van der Waals surface area contributed by atoms with Gasteiger partial charge < -0.3 is 14.8 Å². The van der Waals surface area contributed by atoms with Crippen molar-refractivity contribution in [1.29, 1.82) is 0 Å². The maximum atomic E-state index is 12.3. The number of carbonyl (C=O) groups is 2. The lowest BCUT2D eigenvalue weighted by Crippen LogP contribution is -2.41. The summed E-state index contributed by atoms with van der Waals surface area (Å²) in [5.74, 6) is -0.719. The van der Waals surface area contributed by atoms with Crippen molar-refractivity contribution in [2.75, 3.05) is 6.61 Å². The summed E-state index contributed by atoms with van der Waals surface area (Å²) in [6.07, 6.45) is -0.374. The molecule has 1 atom stereocenters. The van der Waals surface area contributed by atoms with Crippen LogP contribution < -0.4 is 5.32 Å². The highest BCUT2D eigenvalue weighted by molar-refractivity contribution is 5.95. The molecule has 130 valence electrons. The van der Waals surface area contributed by atoms with Crippen LogP contribution >= 0.6 is 0 Å². The van der Waals surface area contributed by atoms with Crippen LogP contribution in [0.4, 0.5) is 0 Å². The summed E-state index contributed by atoms with van der Waals surface area (Å²) < 4.78 is 10.6. The third-order valence-corrected chi connectivity index (χ3v) is 4.15. The predicted molar refractivity (Wildman–Crippen MR) is 93.0 cm³/mol. The highest BCUT2D eigenvalue weighted by atomic mass is 16.5. The zero-order chi connectivity index (χ0) is 17.6. The zero-order valence-electron chi connectivity index (χ0n) is 14.2. The molecule has 3 rings (SSSR count). The van der Waals surface area contributed by atoms with E-state index in [4.69, 9.17) is 9.47 Å². The van der Waals surface area contributed by atoms with Crippen molar-refractivity contribution in [2.24, 2.45) is 0 Å². The summed E-state index contributed by atoms with van der Waals surface area (Å²) in [5, 5.41) is 2.84. The van der Waals surface area contributed by atoms with Crippen molar-refractivity contribution in [3.63, 3.8) is 0 Å². The van der Waals surface area contributed by atoms with Crippen molar-refractivity contribution >= 4 is 11.9 Å². The van der Waals surface area contributed by atoms with Crippen molar-refractivity contribution in [2.45, 2.75) is 32.6 Å². The summed E-state index contributed by atoms with van der Waals surface area (Å²) in [6, 6.07) is 15.1. The first-order valence-electron chi connectivity index (χ1n) is 8.39. The van der Waals surface area contributed by atoms with Gasteiger partial charge in [-0.2, -0.15) is 0 Å². The first-order chi connectivity index (χ1) is 12.2. The SMILES string of the molecule is CCOCc1ccc(CNC(=O)C2Cc3ccccc3C(=O)O2)cc1. The lowest BCUT2D eigenvalue weighted by Gasteiger charge is -2.23. The van der Waals surface area contributed by atoms with E-state index in [1.165, 1.54) is 0 Å². The monoisotopic (exact) mass is 339 g/mol. The molecular formula is C20H21NO4. The van der Waals surface area contributed by atoms with Gasteiger partial charge in [-0.25, -0.2) is 4.79 Å². The van der Waals surface area contributed by atoms with E-state index >= 15 is 0 Å². The Labute approximate surface area is 147 Å². The largest absolute Gasteiger partial charge is 0.448 e. The smallest absolute Gasteiger partial charge is 0.339 e. The topological polar surface area (TPSA) is 64.6 Å². The van der Waals surface area contributed by atoms with Crippen LogP contribution in [0.1, 0.15) is 34.0 Å². The molecule has 5 nitrogen and oxygen atoms in total. The molecular weight excluding hydrogens is 318 g/mol. The number of carbonyl (C=O) groups excluding carboxylic acids is 2. The molecule has 0 fully saturated rings. The first kappa shape index (κ1) is 17.2. The summed E-state index contributed by atoms with van der Waals surface area (Å²) in [4.78, 5) is 24.3. The fourth-order valence-electron chi connectivity index (χ4n) is 2.75. The number of nitrogens with one attached hydrogen (secondary N) is 1. The van der Waals surface area contributed by atoms with Crippen LogP contribution in [0.15, 0.2) is 48.5 Å².